The Kier molecular flexibility index (Phi) is 11.1. The van der Waals surface area contributed by atoms with Crippen LogP contribution in [0.3, 0.4) is 0 Å². The van der Waals surface area contributed by atoms with Gasteiger partial charge in [-0.15, -0.1) is 24.0 Å². The fraction of sp³-hybridized carbons (Fsp3) is 0.381. The summed E-state index contributed by atoms with van der Waals surface area (Å²) in [5.41, 5.74) is 3.28. The third kappa shape index (κ3) is 7.77. The second-order valence-corrected chi connectivity index (χ2v) is 8.43. The Bertz CT molecular complexity index is 932. The zero-order valence-electron chi connectivity index (χ0n) is 17.9. The first kappa shape index (κ1) is 26.2. The van der Waals surface area contributed by atoms with Crippen LogP contribution in [0.2, 0.25) is 0 Å². The van der Waals surface area contributed by atoms with Crippen molar-refractivity contribution in [1.29, 1.82) is 0 Å². The van der Waals surface area contributed by atoms with E-state index in [0.717, 1.165) is 29.8 Å². The van der Waals surface area contributed by atoms with E-state index >= 15 is 0 Å². The van der Waals surface area contributed by atoms with Crippen LogP contribution in [0.4, 0.5) is 0 Å². The van der Waals surface area contributed by atoms with E-state index in [1.807, 2.05) is 19.1 Å². The Morgan fingerprint density at radius 3 is 2.40 bits per heavy atom. The lowest BCUT2D eigenvalue weighted by Crippen LogP contribution is -2.38. The molecule has 0 saturated heterocycles. The van der Waals surface area contributed by atoms with E-state index < -0.39 is 10.0 Å². The summed E-state index contributed by atoms with van der Waals surface area (Å²) in [5, 5.41) is 6.56. The van der Waals surface area contributed by atoms with Crippen LogP contribution in [0.1, 0.15) is 23.6 Å². The number of nitrogens with one attached hydrogen (secondary N) is 3. The van der Waals surface area contributed by atoms with Crippen LogP contribution < -0.4 is 20.1 Å². The lowest BCUT2D eigenvalue weighted by atomic mass is 10.1. The molecule has 0 radical (unpaired) electrons. The van der Waals surface area contributed by atoms with E-state index in [9.17, 15) is 8.42 Å². The molecule has 0 aliphatic carbocycles. The zero-order chi connectivity index (χ0) is 21.3. The van der Waals surface area contributed by atoms with Crippen molar-refractivity contribution in [3.63, 3.8) is 0 Å². The average Bonchev–Trinajstić information content (AvgIpc) is 2.72. The summed E-state index contributed by atoms with van der Waals surface area (Å²) in [6.45, 7) is 5.99. The Morgan fingerprint density at radius 1 is 1.10 bits per heavy atom. The predicted octanol–water partition coefficient (Wildman–Crippen LogP) is 2.83. The van der Waals surface area contributed by atoms with Crippen molar-refractivity contribution in [2.75, 3.05) is 27.2 Å². The van der Waals surface area contributed by atoms with Crippen LogP contribution in [0.25, 0.3) is 0 Å². The summed E-state index contributed by atoms with van der Waals surface area (Å²) in [6.07, 6.45) is 0.811. The standard InChI is InChI=1S/C21H30N4O3S.HI/c1-5-23-21(24-13-12-18-14-16(2)6-11-20(18)28-4)25-15-17-7-9-19(10-8-17)29(26,27)22-3;/h6-11,14,22H,5,12-13,15H2,1-4H3,(H2,23,24,25);1H. The minimum Gasteiger partial charge on any atom is -0.496 e. The molecule has 3 N–H and O–H groups in total. The van der Waals surface area contributed by atoms with E-state index in [1.165, 1.54) is 12.6 Å². The van der Waals surface area contributed by atoms with Gasteiger partial charge in [0.15, 0.2) is 5.96 Å². The van der Waals surface area contributed by atoms with Crippen molar-refractivity contribution in [2.24, 2.45) is 4.99 Å². The molecule has 2 aromatic carbocycles. The molecule has 0 spiro atoms. The normalized spacial score (nSPS) is 11.5. The first-order chi connectivity index (χ1) is 13.9. The molecule has 0 saturated carbocycles. The van der Waals surface area contributed by atoms with Gasteiger partial charge in [-0.05, 0) is 56.6 Å². The molecule has 0 aliphatic rings. The first-order valence-corrected chi connectivity index (χ1v) is 11.1. The molecule has 166 valence electrons. The highest BCUT2D eigenvalue weighted by molar-refractivity contribution is 14.0. The highest BCUT2D eigenvalue weighted by Crippen LogP contribution is 2.19. The minimum atomic E-state index is -3.42. The number of guanidine groups is 1. The van der Waals surface area contributed by atoms with Gasteiger partial charge in [0.25, 0.3) is 0 Å². The molecule has 0 bridgehead atoms. The van der Waals surface area contributed by atoms with Crippen LogP contribution in [-0.4, -0.2) is 41.6 Å². The third-order valence-corrected chi connectivity index (χ3v) is 5.82. The summed E-state index contributed by atoms with van der Waals surface area (Å²) in [7, 11) is -0.345. The number of aliphatic imine (C=N–C) groups is 1. The highest BCUT2D eigenvalue weighted by Gasteiger charge is 2.10. The number of methoxy groups -OCH3 is 1. The SMILES string of the molecule is CCNC(=NCc1ccc(S(=O)(=O)NC)cc1)NCCc1cc(C)ccc1OC.I. The summed E-state index contributed by atoms with van der Waals surface area (Å²) in [6, 6.07) is 12.9. The van der Waals surface area contributed by atoms with Crippen molar-refractivity contribution in [3.8, 4) is 5.75 Å². The second kappa shape index (κ2) is 12.8. The molecule has 0 heterocycles. The Balaban J connectivity index is 0.00000450. The molecular weight excluding hydrogens is 515 g/mol. The molecule has 30 heavy (non-hydrogen) atoms. The number of aryl methyl sites for hydroxylation is 1. The molecular formula is C21H31IN4O3S. The van der Waals surface area contributed by atoms with Crippen LogP contribution in [-0.2, 0) is 23.0 Å². The molecule has 0 aliphatic heterocycles. The van der Waals surface area contributed by atoms with Gasteiger partial charge in [0.2, 0.25) is 10.0 Å². The third-order valence-electron chi connectivity index (χ3n) is 4.39. The van der Waals surface area contributed by atoms with Crippen LogP contribution in [0, 0.1) is 6.92 Å². The van der Waals surface area contributed by atoms with Gasteiger partial charge in [-0.2, -0.15) is 0 Å². The quantitative estimate of drug-likeness (QED) is 0.256. The first-order valence-electron chi connectivity index (χ1n) is 9.57. The molecule has 9 heteroatoms. The van der Waals surface area contributed by atoms with Crippen LogP contribution >= 0.6 is 24.0 Å². The molecule has 0 unspecified atom stereocenters. The van der Waals surface area contributed by atoms with Gasteiger partial charge in [0.1, 0.15) is 5.75 Å². The van der Waals surface area contributed by atoms with Gasteiger partial charge < -0.3 is 15.4 Å². The summed E-state index contributed by atoms with van der Waals surface area (Å²) >= 11 is 0. The van der Waals surface area contributed by atoms with E-state index in [-0.39, 0.29) is 28.9 Å². The maximum absolute atomic E-state index is 11.8. The van der Waals surface area contributed by atoms with Gasteiger partial charge in [0.05, 0.1) is 18.6 Å². The van der Waals surface area contributed by atoms with Gasteiger partial charge in [-0.1, -0.05) is 29.8 Å². The zero-order valence-corrected chi connectivity index (χ0v) is 21.0. The Hall–Kier alpha value is -1.85. The fourth-order valence-electron chi connectivity index (χ4n) is 2.82. The number of halogens is 1. The van der Waals surface area contributed by atoms with Crippen LogP contribution in [0.5, 0.6) is 5.75 Å². The lowest BCUT2D eigenvalue weighted by molar-refractivity contribution is 0.409. The monoisotopic (exact) mass is 546 g/mol. The van der Waals surface area contributed by atoms with E-state index in [1.54, 1.807) is 31.4 Å². The van der Waals surface area contributed by atoms with Gasteiger partial charge in [-0.3, -0.25) is 0 Å². The molecule has 2 rings (SSSR count). The van der Waals surface area contributed by atoms with E-state index in [2.05, 4.69) is 33.3 Å². The van der Waals surface area contributed by atoms with Gasteiger partial charge >= 0.3 is 0 Å². The summed E-state index contributed by atoms with van der Waals surface area (Å²) in [5.74, 6) is 1.60. The van der Waals surface area contributed by atoms with Crippen molar-refractivity contribution < 1.29 is 13.2 Å². The average molecular weight is 546 g/mol. The Labute approximate surface area is 196 Å². The smallest absolute Gasteiger partial charge is 0.240 e. The van der Waals surface area contributed by atoms with E-state index in [0.29, 0.717) is 19.0 Å². The number of rotatable bonds is 9. The van der Waals surface area contributed by atoms with Crippen molar-refractivity contribution >= 4 is 40.0 Å². The molecule has 0 atom stereocenters. The predicted molar refractivity (Wildman–Crippen MR) is 132 cm³/mol. The molecule has 2 aromatic rings. The molecule has 7 nitrogen and oxygen atoms in total. The van der Waals surface area contributed by atoms with Crippen molar-refractivity contribution in [1.82, 2.24) is 15.4 Å². The molecule has 0 aromatic heterocycles. The minimum absolute atomic E-state index is 0. The Morgan fingerprint density at radius 2 is 1.80 bits per heavy atom. The number of ether oxygens (including phenoxy) is 1. The number of sulfonamides is 1. The molecule has 0 amide bonds. The van der Waals surface area contributed by atoms with Gasteiger partial charge in [0, 0.05) is 13.1 Å². The largest absolute Gasteiger partial charge is 0.496 e. The second-order valence-electron chi connectivity index (χ2n) is 6.54. The number of nitrogens with zero attached hydrogens (tertiary/aromatic N) is 1. The maximum atomic E-state index is 11.8. The highest BCUT2D eigenvalue weighted by atomic mass is 127. The molecule has 0 fully saturated rings. The van der Waals surface area contributed by atoms with Crippen molar-refractivity contribution in [3.05, 3.63) is 59.2 Å². The van der Waals surface area contributed by atoms with E-state index in [4.69, 9.17) is 4.74 Å². The number of hydrogen-bond acceptors (Lipinski definition) is 4. The fourth-order valence-corrected chi connectivity index (χ4v) is 3.55. The summed E-state index contributed by atoms with van der Waals surface area (Å²) < 4.78 is 31.3. The van der Waals surface area contributed by atoms with Gasteiger partial charge in [-0.25, -0.2) is 18.1 Å². The lowest BCUT2D eigenvalue weighted by Gasteiger charge is -2.13. The topological polar surface area (TPSA) is 91.8 Å². The van der Waals surface area contributed by atoms with Crippen molar-refractivity contribution in [2.45, 2.75) is 31.7 Å². The maximum Gasteiger partial charge on any atom is 0.240 e. The number of hydrogen-bond donors (Lipinski definition) is 3. The summed E-state index contributed by atoms with van der Waals surface area (Å²) in [4.78, 5) is 4.83. The number of benzene rings is 2. The van der Waals surface area contributed by atoms with Crippen LogP contribution in [0.15, 0.2) is 52.4 Å².